The molecule has 0 aliphatic carbocycles. The normalized spacial score (nSPS) is 11.0. The van der Waals surface area contributed by atoms with E-state index in [0.717, 1.165) is 29.3 Å². The Bertz CT molecular complexity index is 894. The first-order valence-corrected chi connectivity index (χ1v) is 8.87. The molecule has 1 aromatic heterocycles. The molecule has 0 aliphatic rings. The van der Waals surface area contributed by atoms with Crippen molar-refractivity contribution in [3.8, 4) is 5.69 Å². The van der Waals surface area contributed by atoms with Gasteiger partial charge >= 0.3 is 0 Å². The lowest BCUT2D eigenvalue weighted by Crippen LogP contribution is -2.36. The maximum Gasteiger partial charge on any atom is 0.191 e. The molecule has 148 valence electrons. The van der Waals surface area contributed by atoms with Crippen molar-refractivity contribution >= 4 is 29.9 Å². The molecule has 6 nitrogen and oxygen atoms in total. The molecule has 0 bridgehead atoms. The average Bonchev–Trinajstić information content (AvgIpc) is 3.22. The summed E-state index contributed by atoms with van der Waals surface area (Å²) in [7, 11) is 0. The first-order valence-electron chi connectivity index (χ1n) is 8.87. The Hall–Kier alpha value is -2.49. The van der Waals surface area contributed by atoms with Crippen LogP contribution < -0.4 is 10.6 Å². The quantitative estimate of drug-likeness (QED) is 0.313. The van der Waals surface area contributed by atoms with E-state index in [1.807, 2.05) is 37.3 Å². The van der Waals surface area contributed by atoms with E-state index >= 15 is 0 Å². The van der Waals surface area contributed by atoms with Crippen molar-refractivity contribution in [3.05, 3.63) is 77.6 Å². The summed E-state index contributed by atoms with van der Waals surface area (Å²) in [6, 6.07) is 13.1. The molecule has 2 aromatic carbocycles. The molecule has 2 N–H and O–H groups in total. The Kier molecular flexibility index (Phi) is 8.37. The second-order valence-corrected chi connectivity index (χ2v) is 6.14. The van der Waals surface area contributed by atoms with Gasteiger partial charge in [-0.25, -0.2) is 19.0 Å². The van der Waals surface area contributed by atoms with E-state index < -0.39 is 0 Å². The number of guanidine groups is 1. The van der Waals surface area contributed by atoms with Crippen LogP contribution in [0.3, 0.4) is 0 Å². The first-order chi connectivity index (χ1) is 13.2. The zero-order valence-electron chi connectivity index (χ0n) is 15.9. The van der Waals surface area contributed by atoms with Gasteiger partial charge in [0.1, 0.15) is 18.5 Å². The molecule has 0 aliphatic heterocycles. The molecule has 0 saturated carbocycles. The minimum absolute atomic E-state index is 0. The van der Waals surface area contributed by atoms with Crippen molar-refractivity contribution in [3.63, 3.8) is 0 Å². The highest BCUT2D eigenvalue weighted by Crippen LogP contribution is 2.10. The highest BCUT2D eigenvalue weighted by Gasteiger charge is 2.02. The minimum atomic E-state index is -0.192. The van der Waals surface area contributed by atoms with Crippen molar-refractivity contribution < 1.29 is 4.39 Å². The lowest BCUT2D eigenvalue weighted by molar-refractivity contribution is 0.617. The van der Waals surface area contributed by atoms with E-state index in [-0.39, 0.29) is 29.8 Å². The van der Waals surface area contributed by atoms with Crippen molar-refractivity contribution in [1.82, 2.24) is 25.4 Å². The largest absolute Gasteiger partial charge is 0.357 e. The number of aromatic nitrogens is 3. The van der Waals surface area contributed by atoms with E-state index in [4.69, 9.17) is 0 Å². The van der Waals surface area contributed by atoms with E-state index in [9.17, 15) is 4.39 Å². The number of hydrogen-bond donors (Lipinski definition) is 2. The fourth-order valence-corrected chi connectivity index (χ4v) is 2.61. The third kappa shape index (κ3) is 6.01. The van der Waals surface area contributed by atoms with Gasteiger partial charge in [-0.3, -0.25) is 0 Å². The number of hydrogen-bond acceptors (Lipinski definition) is 3. The topological polar surface area (TPSA) is 67.1 Å². The lowest BCUT2D eigenvalue weighted by Gasteiger charge is -2.12. The number of nitrogens with zero attached hydrogens (tertiary/aromatic N) is 4. The molecule has 0 saturated heterocycles. The van der Waals surface area contributed by atoms with Crippen LogP contribution >= 0.6 is 24.0 Å². The number of benzene rings is 2. The van der Waals surface area contributed by atoms with Crippen molar-refractivity contribution in [2.45, 2.75) is 26.9 Å². The van der Waals surface area contributed by atoms with Gasteiger partial charge in [0.2, 0.25) is 0 Å². The third-order valence-electron chi connectivity index (χ3n) is 4.07. The minimum Gasteiger partial charge on any atom is -0.357 e. The molecule has 0 fully saturated rings. The fraction of sp³-hybridized carbons (Fsp3) is 0.250. The van der Waals surface area contributed by atoms with Crippen LogP contribution in [-0.4, -0.2) is 27.3 Å². The van der Waals surface area contributed by atoms with Crippen LogP contribution in [0, 0.1) is 12.7 Å². The molecular formula is C20H24FIN6. The van der Waals surface area contributed by atoms with E-state index in [1.54, 1.807) is 24.0 Å². The predicted octanol–water partition coefficient (Wildman–Crippen LogP) is 3.59. The van der Waals surface area contributed by atoms with E-state index in [1.165, 1.54) is 12.4 Å². The number of nitrogens with one attached hydrogen (secondary N) is 2. The van der Waals surface area contributed by atoms with Crippen LogP contribution in [0.15, 0.2) is 60.1 Å². The van der Waals surface area contributed by atoms with Gasteiger partial charge < -0.3 is 10.6 Å². The summed E-state index contributed by atoms with van der Waals surface area (Å²) < 4.78 is 15.1. The van der Waals surface area contributed by atoms with Crippen molar-refractivity contribution in [2.75, 3.05) is 6.54 Å². The lowest BCUT2D eigenvalue weighted by atomic mass is 10.1. The Morgan fingerprint density at radius 2 is 1.86 bits per heavy atom. The van der Waals surface area contributed by atoms with Gasteiger partial charge in [0.15, 0.2) is 5.96 Å². The number of aryl methyl sites for hydroxylation is 1. The average molecular weight is 494 g/mol. The van der Waals surface area contributed by atoms with E-state index in [0.29, 0.717) is 18.7 Å². The summed E-state index contributed by atoms with van der Waals surface area (Å²) in [4.78, 5) is 8.53. The summed E-state index contributed by atoms with van der Waals surface area (Å²) in [5, 5.41) is 10.7. The van der Waals surface area contributed by atoms with Crippen LogP contribution in [0.2, 0.25) is 0 Å². The maximum atomic E-state index is 13.4. The Morgan fingerprint density at radius 1 is 1.11 bits per heavy atom. The predicted molar refractivity (Wildman–Crippen MR) is 120 cm³/mol. The smallest absolute Gasteiger partial charge is 0.191 e. The number of halogens is 2. The van der Waals surface area contributed by atoms with Gasteiger partial charge in [-0.1, -0.05) is 24.3 Å². The highest BCUT2D eigenvalue weighted by molar-refractivity contribution is 14.0. The van der Waals surface area contributed by atoms with Crippen LogP contribution in [0.25, 0.3) is 5.69 Å². The van der Waals surface area contributed by atoms with Crippen LogP contribution in [0.5, 0.6) is 0 Å². The summed E-state index contributed by atoms with van der Waals surface area (Å²) in [5.74, 6) is 0.530. The summed E-state index contributed by atoms with van der Waals surface area (Å²) in [5.41, 5.74) is 3.70. The Labute approximate surface area is 181 Å². The van der Waals surface area contributed by atoms with Crippen LogP contribution in [-0.2, 0) is 13.1 Å². The van der Waals surface area contributed by atoms with Gasteiger partial charge in [-0.15, -0.1) is 24.0 Å². The molecule has 0 unspecified atom stereocenters. The molecule has 0 radical (unpaired) electrons. The number of aliphatic imine (C=N–C) groups is 1. The van der Waals surface area contributed by atoms with Crippen molar-refractivity contribution in [2.24, 2.45) is 4.99 Å². The zero-order chi connectivity index (χ0) is 19.1. The van der Waals surface area contributed by atoms with Gasteiger partial charge in [-0.2, -0.15) is 5.10 Å². The molecule has 0 atom stereocenters. The second-order valence-electron chi connectivity index (χ2n) is 6.14. The second kappa shape index (κ2) is 10.7. The zero-order valence-corrected chi connectivity index (χ0v) is 18.2. The Balaban J connectivity index is 0.00000280. The summed E-state index contributed by atoms with van der Waals surface area (Å²) in [6.45, 7) is 5.67. The summed E-state index contributed by atoms with van der Waals surface area (Å²) >= 11 is 0. The summed E-state index contributed by atoms with van der Waals surface area (Å²) in [6.07, 6.45) is 3.18. The molecule has 3 aromatic rings. The molecule has 0 amide bonds. The monoisotopic (exact) mass is 494 g/mol. The third-order valence-corrected chi connectivity index (χ3v) is 4.07. The SMILES string of the molecule is CCNC(=NCc1ccc(F)c(C)c1)NCc1ccc(-n2cncn2)cc1.I. The molecule has 8 heteroatoms. The molecule has 0 spiro atoms. The van der Waals surface area contributed by atoms with Crippen LogP contribution in [0.4, 0.5) is 4.39 Å². The molecule has 28 heavy (non-hydrogen) atoms. The van der Waals surface area contributed by atoms with Gasteiger partial charge in [0.05, 0.1) is 12.2 Å². The highest BCUT2D eigenvalue weighted by atomic mass is 127. The Morgan fingerprint density at radius 3 is 2.50 bits per heavy atom. The first kappa shape index (κ1) is 21.8. The van der Waals surface area contributed by atoms with Gasteiger partial charge in [0.25, 0.3) is 0 Å². The number of rotatable bonds is 6. The molecular weight excluding hydrogens is 470 g/mol. The van der Waals surface area contributed by atoms with Crippen LogP contribution in [0.1, 0.15) is 23.6 Å². The van der Waals surface area contributed by atoms with E-state index in [2.05, 4.69) is 25.7 Å². The molecule has 1 heterocycles. The molecule has 3 rings (SSSR count). The van der Waals surface area contributed by atoms with Gasteiger partial charge in [0, 0.05) is 13.1 Å². The fourth-order valence-electron chi connectivity index (χ4n) is 2.61. The van der Waals surface area contributed by atoms with Gasteiger partial charge in [-0.05, 0) is 48.7 Å². The maximum absolute atomic E-state index is 13.4. The standard InChI is InChI=1S/C20H23FN6.HI/c1-3-23-20(25-12-17-6-9-19(21)15(2)10-17)24-11-16-4-7-18(8-5-16)27-14-22-13-26-27;/h4-10,13-14H,3,11-12H2,1-2H3,(H2,23,24,25);1H. The van der Waals surface area contributed by atoms with Crippen molar-refractivity contribution in [1.29, 1.82) is 0 Å².